The van der Waals surface area contributed by atoms with Crippen molar-refractivity contribution >= 4 is 23.4 Å². The second-order valence-corrected chi connectivity index (χ2v) is 3.44. The Morgan fingerprint density at radius 2 is 2.54 bits per heavy atom. The minimum absolute atomic E-state index is 0.326. The van der Waals surface area contributed by atoms with Crippen LogP contribution in [-0.2, 0) is 9.53 Å². The summed E-state index contributed by atoms with van der Waals surface area (Å²) < 4.78 is 4.72. The first-order valence-corrected chi connectivity index (χ1v) is 4.87. The Balaban J connectivity index is 2.53. The largest absolute Gasteiger partial charge is 0.463 e. The van der Waals surface area contributed by atoms with Crippen molar-refractivity contribution in [2.75, 3.05) is 6.61 Å². The molecule has 0 bridgehead atoms. The van der Waals surface area contributed by atoms with E-state index < -0.39 is 0 Å². The SMILES string of the molecule is CCOC(=O)/C=C/c1csc(C)n1. The van der Waals surface area contributed by atoms with Gasteiger partial charge in [-0.15, -0.1) is 11.3 Å². The molecule has 0 aliphatic rings. The van der Waals surface area contributed by atoms with Crippen LogP contribution in [0.2, 0.25) is 0 Å². The van der Waals surface area contributed by atoms with Crippen LogP contribution in [-0.4, -0.2) is 17.6 Å². The van der Waals surface area contributed by atoms with Crippen LogP contribution in [0.15, 0.2) is 11.5 Å². The van der Waals surface area contributed by atoms with Crippen molar-refractivity contribution in [2.24, 2.45) is 0 Å². The van der Waals surface area contributed by atoms with Gasteiger partial charge in [0.05, 0.1) is 17.3 Å². The molecule has 70 valence electrons. The molecule has 0 aromatic carbocycles. The van der Waals surface area contributed by atoms with E-state index in [4.69, 9.17) is 4.74 Å². The van der Waals surface area contributed by atoms with Gasteiger partial charge in [-0.1, -0.05) is 0 Å². The Morgan fingerprint density at radius 1 is 1.77 bits per heavy atom. The number of carbonyl (C=O) groups is 1. The van der Waals surface area contributed by atoms with Crippen LogP contribution in [0.25, 0.3) is 6.08 Å². The first-order valence-electron chi connectivity index (χ1n) is 3.99. The predicted octanol–water partition coefficient (Wildman–Crippen LogP) is 2.03. The van der Waals surface area contributed by atoms with Crippen LogP contribution in [0.5, 0.6) is 0 Å². The minimum Gasteiger partial charge on any atom is -0.463 e. The van der Waals surface area contributed by atoms with Gasteiger partial charge in [0.25, 0.3) is 0 Å². The van der Waals surface area contributed by atoms with E-state index in [9.17, 15) is 4.79 Å². The number of hydrogen-bond acceptors (Lipinski definition) is 4. The summed E-state index contributed by atoms with van der Waals surface area (Å²) in [6, 6.07) is 0. The molecule has 4 heteroatoms. The Bertz CT molecular complexity index is 317. The summed E-state index contributed by atoms with van der Waals surface area (Å²) in [7, 11) is 0. The fourth-order valence-electron chi connectivity index (χ4n) is 0.801. The normalized spacial score (nSPS) is 10.6. The number of hydrogen-bond donors (Lipinski definition) is 0. The summed E-state index contributed by atoms with van der Waals surface area (Å²) in [5, 5.41) is 2.88. The van der Waals surface area contributed by atoms with E-state index in [1.807, 2.05) is 12.3 Å². The summed E-state index contributed by atoms with van der Waals surface area (Å²) in [5.74, 6) is -0.326. The fourth-order valence-corrected chi connectivity index (χ4v) is 1.38. The molecule has 0 unspecified atom stereocenters. The van der Waals surface area contributed by atoms with Gasteiger partial charge in [-0.2, -0.15) is 0 Å². The Kier molecular flexibility index (Phi) is 3.64. The average Bonchev–Trinajstić information content (AvgIpc) is 2.49. The lowest BCUT2D eigenvalue weighted by Crippen LogP contribution is -1.98. The number of ether oxygens (including phenoxy) is 1. The van der Waals surface area contributed by atoms with Crippen molar-refractivity contribution in [3.8, 4) is 0 Å². The first-order chi connectivity index (χ1) is 6.22. The molecule has 0 aliphatic carbocycles. The molecule has 1 heterocycles. The molecule has 1 rings (SSSR count). The summed E-state index contributed by atoms with van der Waals surface area (Å²) in [4.78, 5) is 15.1. The molecule has 0 fully saturated rings. The fraction of sp³-hybridized carbons (Fsp3) is 0.333. The van der Waals surface area contributed by atoms with Crippen molar-refractivity contribution in [2.45, 2.75) is 13.8 Å². The minimum atomic E-state index is -0.326. The predicted molar refractivity (Wildman–Crippen MR) is 52.5 cm³/mol. The molecule has 0 saturated carbocycles. The molecule has 0 spiro atoms. The quantitative estimate of drug-likeness (QED) is 0.549. The van der Waals surface area contributed by atoms with Crippen LogP contribution in [0.1, 0.15) is 17.6 Å². The van der Waals surface area contributed by atoms with Gasteiger partial charge in [-0.3, -0.25) is 0 Å². The zero-order valence-corrected chi connectivity index (χ0v) is 8.43. The van der Waals surface area contributed by atoms with Gasteiger partial charge in [-0.05, 0) is 19.9 Å². The van der Waals surface area contributed by atoms with Gasteiger partial charge in [0.2, 0.25) is 0 Å². The van der Waals surface area contributed by atoms with Crippen molar-refractivity contribution in [3.63, 3.8) is 0 Å². The number of thiazole rings is 1. The van der Waals surface area contributed by atoms with E-state index in [-0.39, 0.29) is 5.97 Å². The van der Waals surface area contributed by atoms with Gasteiger partial charge in [-0.25, -0.2) is 9.78 Å². The maximum Gasteiger partial charge on any atom is 0.330 e. The third kappa shape index (κ3) is 3.38. The van der Waals surface area contributed by atoms with Crippen molar-refractivity contribution < 1.29 is 9.53 Å². The van der Waals surface area contributed by atoms with Gasteiger partial charge in [0.1, 0.15) is 0 Å². The molecule has 0 saturated heterocycles. The number of nitrogens with zero attached hydrogens (tertiary/aromatic N) is 1. The smallest absolute Gasteiger partial charge is 0.330 e. The Labute approximate surface area is 81.1 Å². The topological polar surface area (TPSA) is 39.2 Å². The van der Waals surface area contributed by atoms with Crippen LogP contribution in [0.4, 0.5) is 0 Å². The second-order valence-electron chi connectivity index (χ2n) is 2.38. The zero-order valence-electron chi connectivity index (χ0n) is 7.61. The highest BCUT2D eigenvalue weighted by molar-refractivity contribution is 7.09. The zero-order chi connectivity index (χ0) is 9.68. The van der Waals surface area contributed by atoms with Gasteiger partial charge in [0.15, 0.2) is 0 Å². The third-order valence-electron chi connectivity index (χ3n) is 1.31. The lowest BCUT2D eigenvalue weighted by molar-refractivity contribution is -0.137. The van der Waals surface area contributed by atoms with Crippen molar-refractivity contribution in [3.05, 3.63) is 22.2 Å². The van der Waals surface area contributed by atoms with Crippen LogP contribution >= 0.6 is 11.3 Å². The lowest BCUT2D eigenvalue weighted by atomic mass is 10.4. The van der Waals surface area contributed by atoms with Crippen LogP contribution in [0.3, 0.4) is 0 Å². The standard InChI is InChI=1S/C9H11NO2S/c1-3-12-9(11)5-4-8-6-13-7(2)10-8/h4-6H,3H2,1-2H3/b5-4+. The Morgan fingerprint density at radius 3 is 3.08 bits per heavy atom. The van der Waals surface area contributed by atoms with E-state index in [0.717, 1.165) is 10.7 Å². The van der Waals surface area contributed by atoms with E-state index in [1.54, 1.807) is 24.3 Å². The average molecular weight is 197 g/mol. The number of aromatic nitrogens is 1. The number of carbonyl (C=O) groups excluding carboxylic acids is 1. The molecule has 1 aromatic rings. The molecule has 0 N–H and O–H groups in total. The van der Waals surface area contributed by atoms with Crippen LogP contribution < -0.4 is 0 Å². The van der Waals surface area contributed by atoms with Crippen LogP contribution in [0, 0.1) is 6.92 Å². The monoisotopic (exact) mass is 197 g/mol. The van der Waals surface area contributed by atoms with Gasteiger partial charge in [0, 0.05) is 11.5 Å². The summed E-state index contributed by atoms with van der Waals surface area (Å²) in [5.41, 5.74) is 0.801. The summed E-state index contributed by atoms with van der Waals surface area (Å²) >= 11 is 1.55. The molecular formula is C9H11NO2S. The maximum absolute atomic E-state index is 10.9. The molecule has 3 nitrogen and oxygen atoms in total. The maximum atomic E-state index is 10.9. The first kappa shape index (κ1) is 9.92. The summed E-state index contributed by atoms with van der Waals surface area (Å²) in [6.45, 7) is 4.10. The molecule has 0 radical (unpaired) electrons. The Hall–Kier alpha value is -1.16. The molecule has 0 aliphatic heterocycles. The van der Waals surface area contributed by atoms with E-state index in [2.05, 4.69) is 4.98 Å². The van der Waals surface area contributed by atoms with E-state index >= 15 is 0 Å². The highest BCUT2D eigenvalue weighted by Crippen LogP contribution is 2.08. The van der Waals surface area contributed by atoms with Crippen molar-refractivity contribution in [1.29, 1.82) is 0 Å². The number of esters is 1. The number of aryl methyl sites for hydroxylation is 1. The van der Waals surface area contributed by atoms with Crippen molar-refractivity contribution in [1.82, 2.24) is 4.98 Å². The van der Waals surface area contributed by atoms with E-state index in [0.29, 0.717) is 6.61 Å². The van der Waals surface area contributed by atoms with E-state index in [1.165, 1.54) is 6.08 Å². The highest BCUT2D eigenvalue weighted by Gasteiger charge is 1.96. The third-order valence-corrected chi connectivity index (χ3v) is 2.11. The van der Waals surface area contributed by atoms with Gasteiger partial charge >= 0.3 is 5.97 Å². The second kappa shape index (κ2) is 4.77. The highest BCUT2D eigenvalue weighted by atomic mass is 32.1. The molecule has 1 aromatic heterocycles. The number of rotatable bonds is 3. The van der Waals surface area contributed by atoms with Gasteiger partial charge < -0.3 is 4.74 Å². The molecular weight excluding hydrogens is 186 g/mol. The lowest BCUT2D eigenvalue weighted by Gasteiger charge is -1.92. The molecule has 0 atom stereocenters. The summed E-state index contributed by atoms with van der Waals surface area (Å²) in [6.07, 6.45) is 3.04. The molecule has 0 amide bonds. The molecule has 13 heavy (non-hydrogen) atoms.